The van der Waals surface area contributed by atoms with E-state index in [0.29, 0.717) is 17.9 Å². The van der Waals surface area contributed by atoms with Crippen LogP contribution in [0.15, 0.2) is 107 Å². The molecule has 16 heteroatoms. The van der Waals surface area contributed by atoms with Crippen LogP contribution in [-0.4, -0.2) is 37.9 Å². The van der Waals surface area contributed by atoms with Crippen molar-refractivity contribution in [3.05, 3.63) is 103 Å². The molecule has 0 atom stereocenters. The van der Waals surface area contributed by atoms with Gasteiger partial charge in [-0.15, -0.1) is 13.2 Å². The first-order valence-corrected chi connectivity index (χ1v) is 14.1. The van der Waals surface area contributed by atoms with Crippen LogP contribution in [0.4, 0.5) is 43.4 Å². The summed E-state index contributed by atoms with van der Waals surface area (Å²) in [6, 6.07) is 26.4. The average molecular weight is 655 g/mol. The highest BCUT2D eigenvalue weighted by Crippen LogP contribution is 2.33. The lowest BCUT2D eigenvalue weighted by molar-refractivity contribution is -0.440. The van der Waals surface area contributed by atoms with Gasteiger partial charge in [-0.25, -0.2) is 13.2 Å². The number of nitrogens with two attached hydrogens (primary N) is 1. The topological polar surface area (TPSA) is 131 Å². The predicted octanol–water partition coefficient (Wildman–Crippen LogP) is 6.29. The number of hydrogen-bond acceptors (Lipinski definition) is 6. The molecule has 236 valence electrons. The Morgan fingerprint density at radius 2 is 1.44 bits per heavy atom. The summed E-state index contributed by atoms with van der Waals surface area (Å²) in [6.45, 7) is 0. The summed E-state index contributed by atoms with van der Waals surface area (Å²) in [5, 5.41) is 9.02. The summed E-state index contributed by atoms with van der Waals surface area (Å²) >= 11 is 0. The van der Waals surface area contributed by atoms with Crippen LogP contribution in [0.3, 0.4) is 0 Å². The molecule has 0 saturated carbocycles. The minimum absolute atomic E-state index is 0.159. The Morgan fingerprint density at radius 1 is 0.844 bits per heavy atom. The van der Waals surface area contributed by atoms with E-state index in [0.717, 1.165) is 35.0 Å². The normalized spacial score (nSPS) is 12.7. The number of para-hydroxylation sites is 2. The molecule has 4 aromatic rings. The van der Waals surface area contributed by atoms with Crippen molar-refractivity contribution >= 4 is 38.9 Å². The lowest BCUT2D eigenvalue weighted by atomic mass is 10.1. The number of ether oxygens (including phenoxy) is 2. The molecule has 1 heterocycles. The maximum Gasteiger partial charge on any atom is 0.573 e. The fourth-order valence-electron chi connectivity index (χ4n) is 3.88. The van der Waals surface area contributed by atoms with Crippen LogP contribution in [-0.2, 0) is 21.2 Å². The highest BCUT2D eigenvalue weighted by molar-refractivity contribution is 7.92. The van der Waals surface area contributed by atoms with Crippen molar-refractivity contribution in [2.75, 3.05) is 4.72 Å². The highest BCUT2D eigenvalue weighted by atomic mass is 32.2. The molecule has 0 bridgehead atoms. The van der Waals surface area contributed by atoms with Crippen molar-refractivity contribution in [3.8, 4) is 17.2 Å². The van der Waals surface area contributed by atoms with Crippen molar-refractivity contribution in [2.24, 2.45) is 4.99 Å². The van der Waals surface area contributed by atoms with Gasteiger partial charge in [0, 0.05) is 6.07 Å². The van der Waals surface area contributed by atoms with Gasteiger partial charge in [0.2, 0.25) is 5.84 Å². The van der Waals surface area contributed by atoms with Crippen molar-refractivity contribution in [1.29, 1.82) is 0 Å². The Balaban J connectivity index is 0.000000591. The molecule has 5 rings (SSSR count). The molecule has 9 nitrogen and oxygen atoms in total. The molecule has 45 heavy (non-hydrogen) atoms. The van der Waals surface area contributed by atoms with E-state index in [1.807, 2.05) is 59.9 Å². The van der Waals surface area contributed by atoms with E-state index < -0.39 is 39.2 Å². The van der Waals surface area contributed by atoms with Crippen molar-refractivity contribution in [3.63, 3.8) is 0 Å². The van der Waals surface area contributed by atoms with Gasteiger partial charge in [0.15, 0.2) is 5.69 Å². The van der Waals surface area contributed by atoms with Gasteiger partial charge < -0.3 is 14.6 Å². The van der Waals surface area contributed by atoms with Crippen molar-refractivity contribution in [1.82, 2.24) is 0 Å². The van der Waals surface area contributed by atoms with Crippen LogP contribution in [0.5, 0.6) is 17.2 Å². The SMILES string of the molecule is O=C(O)C(F)(F)F.O=S(=O)(Nc1ccc2c(c1)N=C(Cc1ccc(Oc3ccccc3)cc1)[NH2+]2)c1ccccc1OC(F)(F)F. The molecule has 1 aliphatic heterocycles. The first kappa shape index (κ1) is 32.8. The Bertz CT molecular complexity index is 1800. The number of aliphatic carboxylic acids is 1. The second-order valence-electron chi connectivity index (χ2n) is 9.16. The number of amidine groups is 1. The van der Waals surface area contributed by atoms with Crippen LogP contribution in [0.25, 0.3) is 0 Å². The van der Waals surface area contributed by atoms with E-state index >= 15 is 0 Å². The number of fused-ring (bicyclic) bond motifs is 1. The second kappa shape index (κ2) is 13.3. The molecule has 0 saturated heterocycles. The first-order chi connectivity index (χ1) is 21.1. The first-order valence-electron chi connectivity index (χ1n) is 12.6. The summed E-state index contributed by atoms with van der Waals surface area (Å²) in [5.74, 6) is -1.35. The number of carboxylic acids is 1. The molecule has 0 amide bonds. The molecule has 0 spiro atoms. The summed E-state index contributed by atoms with van der Waals surface area (Å²) < 4.78 is 108. The molecular formula is C29H22F6N3O6S+. The summed E-state index contributed by atoms with van der Waals surface area (Å²) in [6.07, 6.45) is -9.57. The van der Waals surface area contributed by atoms with E-state index in [4.69, 9.17) is 14.6 Å². The van der Waals surface area contributed by atoms with Gasteiger partial charge in [0.25, 0.3) is 10.0 Å². The van der Waals surface area contributed by atoms with Crippen LogP contribution >= 0.6 is 0 Å². The molecule has 4 aromatic carbocycles. The van der Waals surface area contributed by atoms with E-state index in [2.05, 4.69) is 14.5 Å². The maximum absolute atomic E-state index is 12.8. The number of sulfonamides is 1. The molecule has 0 aliphatic carbocycles. The highest BCUT2D eigenvalue weighted by Gasteiger charge is 2.38. The standard InChI is InChI=1S/C27H20F3N3O4S.C2HF3O2/c28-27(29,30)37-24-8-4-5-9-25(24)38(34,35)33-19-12-15-22-23(17-19)32-26(31-22)16-18-10-13-21(14-11-18)36-20-6-2-1-3-7-20;3-2(4,5)1(6)7/h1-15,17,33H,16H2,(H,31,32);(H,6,7)/p+1. The number of nitrogens with one attached hydrogen (secondary N) is 1. The summed E-state index contributed by atoms with van der Waals surface area (Å²) in [5.41, 5.74) is 2.51. The van der Waals surface area contributed by atoms with E-state index in [1.54, 1.807) is 6.07 Å². The number of halogens is 6. The third-order valence-corrected chi connectivity index (χ3v) is 7.18. The molecule has 4 N–H and O–H groups in total. The Kier molecular flexibility index (Phi) is 9.68. The van der Waals surface area contributed by atoms with Gasteiger partial charge >= 0.3 is 18.5 Å². The molecule has 0 fully saturated rings. The summed E-state index contributed by atoms with van der Waals surface area (Å²) in [7, 11) is -4.37. The zero-order valence-corrected chi connectivity index (χ0v) is 23.5. The molecule has 1 aliphatic rings. The van der Waals surface area contributed by atoms with Gasteiger partial charge in [-0.2, -0.15) is 18.2 Å². The van der Waals surface area contributed by atoms with Crippen LogP contribution in [0.2, 0.25) is 0 Å². The lowest BCUT2D eigenvalue weighted by Gasteiger charge is -2.14. The minimum atomic E-state index is -5.08. The quantitative estimate of drug-likeness (QED) is 0.151. The van der Waals surface area contributed by atoms with Gasteiger partial charge in [0.05, 0.1) is 12.1 Å². The third-order valence-electron chi connectivity index (χ3n) is 5.76. The Hall–Kier alpha value is -5.09. The van der Waals surface area contributed by atoms with Crippen LogP contribution in [0, 0.1) is 0 Å². The zero-order chi connectivity index (χ0) is 32.8. The molecule has 0 unspecified atom stereocenters. The minimum Gasteiger partial charge on any atom is -0.475 e. The Labute approximate surface area is 251 Å². The number of carboxylic acid groups (broad SMARTS) is 1. The Morgan fingerprint density at radius 3 is 2.07 bits per heavy atom. The van der Waals surface area contributed by atoms with Gasteiger partial charge in [-0.05, 0) is 54.1 Å². The van der Waals surface area contributed by atoms with Gasteiger partial charge in [-0.1, -0.05) is 42.5 Å². The molecular weight excluding hydrogens is 632 g/mol. The number of nitrogens with zero attached hydrogens (tertiary/aromatic N) is 1. The number of quaternary nitrogens is 1. The number of anilines is 1. The largest absolute Gasteiger partial charge is 0.573 e. The second-order valence-corrected chi connectivity index (χ2v) is 10.8. The number of carbonyl (C=O) groups is 1. The van der Waals surface area contributed by atoms with Crippen molar-refractivity contribution in [2.45, 2.75) is 23.9 Å². The fraction of sp³-hybridized carbons (Fsp3) is 0.103. The fourth-order valence-corrected chi connectivity index (χ4v) is 5.06. The number of alkyl halides is 6. The number of benzene rings is 4. The van der Waals surface area contributed by atoms with Gasteiger partial charge in [-0.3, -0.25) is 10.0 Å². The lowest BCUT2D eigenvalue weighted by Crippen LogP contribution is -2.81. The summed E-state index contributed by atoms with van der Waals surface area (Å²) in [4.78, 5) is 12.9. The molecule has 0 aromatic heterocycles. The predicted molar refractivity (Wildman–Crippen MR) is 149 cm³/mol. The number of hydrogen-bond donors (Lipinski definition) is 3. The average Bonchev–Trinajstić information content (AvgIpc) is 3.35. The van der Waals surface area contributed by atoms with Gasteiger partial charge in [0.1, 0.15) is 27.8 Å². The van der Waals surface area contributed by atoms with Crippen molar-refractivity contribution < 1.29 is 59.5 Å². The monoisotopic (exact) mass is 654 g/mol. The van der Waals surface area contributed by atoms with Crippen LogP contribution < -0.4 is 19.5 Å². The smallest absolute Gasteiger partial charge is 0.475 e. The number of aliphatic imine (C=N–C) groups is 1. The van der Waals surface area contributed by atoms with E-state index in [9.17, 15) is 34.8 Å². The third kappa shape index (κ3) is 9.45. The molecule has 0 radical (unpaired) electrons. The van der Waals surface area contributed by atoms with E-state index in [1.165, 1.54) is 24.3 Å². The van der Waals surface area contributed by atoms with Crippen LogP contribution in [0.1, 0.15) is 5.56 Å². The van der Waals surface area contributed by atoms with E-state index in [-0.39, 0.29) is 5.69 Å². The number of rotatable bonds is 8. The zero-order valence-electron chi connectivity index (χ0n) is 22.6. The maximum atomic E-state index is 12.8.